The van der Waals surface area contributed by atoms with Gasteiger partial charge in [0.15, 0.2) is 0 Å². The summed E-state index contributed by atoms with van der Waals surface area (Å²) in [4.78, 5) is 0.364. The van der Waals surface area contributed by atoms with Crippen LogP contribution in [-0.2, 0) is 6.42 Å². The van der Waals surface area contributed by atoms with Gasteiger partial charge in [-0.05, 0) is 42.3 Å². The number of hydrogen-bond acceptors (Lipinski definition) is 2. The summed E-state index contributed by atoms with van der Waals surface area (Å²) in [5.41, 5.74) is 8.52. The van der Waals surface area contributed by atoms with Crippen molar-refractivity contribution in [3.05, 3.63) is 62.0 Å². The normalized spacial score (nSPS) is 10.4. The molecule has 0 aliphatic carbocycles. The highest BCUT2D eigenvalue weighted by Gasteiger charge is 2.06. The fourth-order valence-electron chi connectivity index (χ4n) is 1.93. The van der Waals surface area contributed by atoms with Gasteiger partial charge in [0.2, 0.25) is 0 Å². The number of hydrogen-bond donors (Lipinski definition) is 2. The summed E-state index contributed by atoms with van der Waals surface area (Å²) in [6, 6.07) is 11.3. The van der Waals surface area contributed by atoms with Crippen molar-refractivity contribution in [3.8, 4) is 0 Å². The van der Waals surface area contributed by atoms with Gasteiger partial charge in [0.1, 0.15) is 4.99 Å². The van der Waals surface area contributed by atoms with Crippen LogP contribution < -0.4 is 11.1 Å². The second-order valence-corrected chi connectivity index (χ2v) is 6.67. The first kappa shape index (κ1) is 16.6. The number of nitrogens with two attached hydrogens (primary N) is 1. The first-order valence-electron chi connectivity index (χ1n) is 6.24. The van der Waals surface area contributed by atoms with Crippen molar-refractivity contribution in [2.45, 2.75) is 6.42 Å². The lowest BCUT2D eigenvalue weighted by atomic mass is 10.1. The van der Waals surface area contributed by atoms with Gasteiger partial charge in [-0.15, -0.1) is 0 Å². The molecule has 0 unspecified atom stereocenters. The topological polar surface area (TPSA) is 38.0 Å². The predicted octanol–water partition coefficient (Wildman–Crippen LogP) is 5.04. The van der Waals surface area contributed by atoms with Crippen LogP contribution in [0.25, 0.3) is 0 Å². The molecule has 3 N–H and O–H groups in total. The standard InChI is InChI=1S/C15H13BrCl2N2S/c16-10-2-4-14(12(7-10)15(19)21)20-6-5-9-1-3-11(17)8-13(9)18/h1-4,7-8,20H,5-6H2,(H2,19,21). The molecule has 21 heavy (non-hydrogen) atoms. The summed E-state index contributed by atoms with van der Waals surface area (Å²) >= 11 is 20.5. The lowest BCUT2D eigenvalue weighted by molar-refractivity contribution is 1.02. The number of rotatable bonds is 5. The zero-order valence-corrected chi connectivity index (χ0v) is 14.9. The van der Waals surface area contributed by atoms with E-state index in [0.29, 0.717) is 15.0 Å². The van der Waals surface area contributed by atoms with Crippen LogP contribution in [0, 0.1) is 0 Å². The highest BCUT2D eigenvalue weighted by atomic mass is 79.9. The second-order valence-electron chi connectivity index (χ2n) is 4.47. The summed E-state index contributed by atoms with van der Waals surface area (Å²) in [5.74, 6) is 0. The van der Waals surface area contributed by atoms with Gasteiger partial charge in [-0.1, -0.05) is 57.4 Å². The maximum absolute atomic E-state index is 6.15. The van der Waals surface area contributed by atoms with Gasteiger partial charge in [-0.2, -0.15) is 0 Å². The van der Waals surface area contributed by atoms with Crippen molar-refractivity contribution in [1.29, 1.82) is 0 Å². The van der Waals surface area contributed by atoms with Gasteiger partial charge in [0.05, 0.1) is 0 Å². The van der Waals surface area contributed by atoms with Crippen molar-refractivity contribution in [1.82, 2.24) is 0 Å². The Morgan fingerprint density at radius 1 is 1.19 bits per heavy atom. The van der Waals surface area contributed by atoms with Crippen molar-refractivity contribution in [3.63, 3.8) is 0 Å². The Morgan fingerprint density at radius 2 is 1.95 bits per heavy atom. The minimum absolute atomic E-state index is 0.364. The summed E-state index contributed by atoms with van der Waals surface area (Å²) in [6.07, 6.45) is 0.781. The number of benzene rings is 2. The molecule has 0 aliphatic heterocycles. The molecule has 0 saturated carbocycles. The fraction of sp³-hybridized carbons (Fsp3) is 0.133. The van der Waals surface area contributed by atoms with Gasteiger partial charge < -0.3 is 11.1 Å². The molecule has 0 saturated heterocycles. The van der Waals surface area contributed by atoms with Crippen LogP contribution in [0.4, 0.5) is 5.69 Å². The Balaban J connectivity index is 2.05. The summed E-state index contributed by atoms with van der Waals surface area (Å²) in [7, 11) is 0. The minimum Gasteiger partial charge on any atom is -0.389 e. The predicted molar refractivity (Wildman–Crippen MR) is 98.7 cm³/mol. The van der Waals surface area contributed by atoms with Crippen molar-refractivity contribution in [2.75, 3.05) is 11.9 Å². The van der Waals surface area contributed by atoms with E-state index in [1.165, 1.54) is 0 Å². The summed E-state index contributed by atoms with van der Waals surface area (Å²) in [5, 5.41) is 4.65. The van der Waals surface area contributed by atoms with Crippen molar-refractivity contribution in [2.24, 2.45) is 5.73 Å². The van der Waals surface area contributed by atoms with Crippen LogP contribution in [0.2, 0.25) is 10.0 Å². The van der Waals surface area contributed by atoms with Gasteiger partial charge in [0, 0.05) is 32.3 Å². The highest BCUT2D eigenvalue weighted by molar-refractivity contribution is 9.10. The van der Waals surface area contributed by atoms with Crippen LogP contribution in [0.15, 0.2) is 40.9 Å². The molecule has 110 valence electrons. The monoisotopic (exact) mass is 402 g/mol. The molecule has 2 aromatic carbocycles. The first-order chi connectivity index (χ1) is 9.97. The van der Waals surface area contributed by atoms with Crippen LogP contribution >= 0.6 is 51.3 Å². The SMILES string of the molecule is NC(=S)c1cc(Br)ccc1NCCc1ccc(Cl)cc1Cl. The van der Waals surface area contributed by atoms with E-state index in [1.54, 1.807) is 6.07 Å². The molecule has 0 aliphatic rings. The van der Waals surface area contributed by atoms with E-state index in [0.717, 1.165) is 34.3 Å². The van der Waals surface area contributed by atoms with E-state index >= 15 is 0 Å². The average molecular weight is 404 g/mol. The average Bonchev–Trinajstić information content (AvgIpc) is 2.42. The third-order valence-electron chi connectivity index (χ3n) is 2.97. The van der Waals surface area contributed by atoms with Crippen LogP contribution in [0.1, 0.15) is 11.1 Å². The third-order valence-corrected chi connectivity index (χ3v) is 4.27. The third kappa shape index (κ3) is 4.58. The number of nitrogens with one attached hydrogen (secondary N) is 1. The Morgan fingerprint density at radius 3 is 2.62 bits per heavy atom. The molecule has 0 radical (unpaired) electrons. The van der Waals surface area contributed by atoms with Crippen molar-refractivity contribution >= 4 is 62.0 Å². The van der Waals surface area contributed by atoms with Gasteiger partial charge >= 0.3 is 0 Å². The highest BCUT2D eigenvalue weighted by Crippen LogP contribution is 2.23. The number of anilines is 1. The van der Waals surface area contributed by atoms with E-state index in [9.17, 15) is 0 Å². The molecule has 2 nitrogen and oxygen atoms in total. The van der Waals surface area contributed by atoms with Crippen LogP contribution in [-0.4, -0.2) is 11.5 Å². The molecule has 0 fully saturated rings. The first-order valence-corrected chi connectivity index (χ1v) is 8.20. The molecular formula is C15H13BrCl2N2S. The van der Waals surface area contributed by atoms with Crippen molar-refractivity contribution < 1.29 is 0 Å². The maximum Gasteiger partial charge on any atom is 0.106 e. The zero-order chi connectivity index (χ0) is 15.4. The molecule has 6 heteroatoms. The van der Waals surface area contributed by atoms with E-state index in [2.05, 4.69) is 21.2 Å². The molecule has 0 aromatic heterocycles. The number of halogens is 3. The number of thiocarbonyl (C=S) groups is 1. The van der Waals surface area contributed by atoms with E-state index in [1.807, 2.05) is 30.3 Å². The van der Waals surface area contributed by atoms with Crippen LogP contribution in [0.3, 0.4) is 0 Å². The molecule has 0 atom stereocenters. The van der Waals surface area contributed by atoms with E-state index in [-0.39, 0.29) is 0 Å². The zero-order valence-electron chi connectivity index (χ0n) is 11.0. The Hall–Kier alpha value is -0.810. The maximum atomic E-state index is 6.15. The quantitative estimate of drug-likeness (QED) is 0.686. The second kappa shape index (κ2) is 7.45. The molecule has 0 amide bonds. The molecule has 0 spiro atoms. The molecule has 0 bridgehead atoms. The summed E-state index contributed by atoms with van der Waals surface area (Å²) < 4.78 is 0.941. The lowest BCUT2D eigenvalue weighted by Gasteiger charge is -2.12. The largest absolute Gasteiger partial charge is 0.389 e. The van der Waals surface area contributed by atoms with Gasteiger partial charge in [-0.3, -0.25) is 0 Å². The minimum atomic E-state index is 0.364. The van der Waals surface area contributed by atoms with E-state index < -0.39 is 0 Å². The van der Waals surface area contributed by atoms with Crippen LogP contribution in [0.5, 0.6) is 0 Å². The lowest BCUT2D eigenvalue weighted by Crippen LogP contribution is -2.14. The molecule has 0 heterocycles. The molecular weight excluding hydrogens is 391 g/mol. The Labute approximate surface area is 147 Å². The Bertz CT molecular complexity index is 677. The fourth-order valence-corrected chi connectivity index (χ4v) is 2.96. The smallest absolute Gasteiger partial charge is 0.106 e. The van der Waals surface area contributed by atoms with E-state index in [4.69, 9.17) is 41.2 Å². The molecule has 2 rings (SSSR count). The van der Waals surface area contributed by atoms with Gasteiger partial charge in [-0.25, -0.2) is 0 Å². The molecule has 2 aromatic rings. The Kier molecular flexibility index (Phi) is 5.88. The summed E-state index contributed by atoms with van der Waals surface area (Å²) in [6.45, 7) is 0.721. The van der Waals surface area contributed by atoms with Gasteiger partial charge in [0.25, 0.3) is 0 Å².